The lowest BCUT2D eigenvalue weighted by molar-refractivity contribution is 0.0392. The van der Waals surface area contributed by atoms with Crippen LogP contribution in [0, 0.1) is 0 Å². The molecule has 0 bridgehead atoms. The van der Waals surface area contributed by atoms with E-state index in [0.29, 0.717) is 49.5 Å². The van der Waals surface area contributed by atoms with Gasteiger partial charge in [0.2, 0.25) is 0 Å². The van der Waals surface area contributed by atoms with Gasteiger partial charge in [-0.05, 0) is 69.6 Å². The van der Waals surface area contributed by atoms with E-state index in [-0.39, 0.29) is 5.91 Å². The number of nitrogens with one attached hydrogen (secondary N) is 1. The minimum atomic E-state index is -0.164. The summed E-state index contributed by atoms with van der Waals surface area (Å²) in [6.45, 7) is 8.44. The van der Waals surface area contributed by atoms with Crippen molar-refractivity contribution in [2.75, 3.05) is 46.6 Å². The van der Waals surface area contributed by atoms with Crippen molar-refractivity contribution in [2.24, 2.45) is 0 Å². The van der Waals surface area contributed by atoms with Crippen LogP contribution in [0.2, 0.25) is 0 Å². The standard InChI is InChI=1S/C26H36N2O5/c1-4-31-24-10-9-21(18-25(24)32-5-2)26(29)27-19-20-7-6-8-23(17-20)33-16-13-28(3)22-11-14-30-15-12-22/h6-10,17-18,22H,4-5,11-16,19H2,1-3H3,(H,27,29). The van der Waals surface area contributed by atoms with Crippen molar-refractivity contribution >= 4 is 5.91 Å². The number of carbonyl (C=O) groups excluding carboxylic acids is 1. The molecule has 33 heavy (non-hydrogen) atoms. The zero-order valence-corrected chi connectivity index (χ0v) is 20.0. The highest BCUT2D eigenvalue weighted by Crippen LogP contribution is 2.28. The molecule has 1 fully saturated rings. The van der Waals surface area contributed by atoms with Gasteiger partial charge in [-0.1, -0.05) is 12.1 Å². The highest BCUT2D eigenvalue weighted by atomic mass is 16.5. The van der Waals surface area contributed by atoms with E-state index in [4.69, 9.17) is 18.9 Å². The van der Waals surface area contributed by atoms with Gasteiger partial charge in [0.1, 0.15) is 12.4 Å². The lowest BCUT2D eigenvalue weighted by Crippen LogP contribution is -2.38. The van der Waals surface area contributed by atoms with E-state index in [1.165, 1.54) is 0 Å². The second-order valence-corrected chi connectivity index (χ2v) is 8.03. The SMILES string of the molecule is CCOc1ccc(C(=O)NCc2cccc(OCCN(C)C3CCOCC3)c2)cc1OCC. The highest BCUT2D eigenvalue weighted by molar-refractivity contribution is 5.94. The summed E-state index contributed by atoms with van der Waals surface area (Å²) in [5.74, 6) is 1.86. The first-order valence-electron chi connectivity index (χ1n) is 11.8. The van der Waals surface area contributed by atoms with Gasteiger partial charge in [0.05, 0.1) is 13.2 Å². The van der Waals surface area contributed by atoms with Crippen LogP contribution in [0.4, 0.5) is 0 Å². The summed E-state index contributed by atoms with van der Waals surface area (Å²) in [6.07, 6.45) is 2.15. The largest absolute Gasteiger partial charge is 0.492 e. The zero-order chi connectivity index (χ0) is 23.5. The summed E-state index contributed by atoms with van der Waals surface area (Å²) < 4.78 is 22.6. The Balaban J connectivity index is 1.49. The molecule has 1 heterocycles. The fourth-order valence-corrected chi connectivity index (χ4v) is 3.84. The molecule has 2 aromatic rings. The Morgan fingerprint density at radius 3 is 2.55 bits per heavy atom. The lowest BCUT2D eigenvalue weighted by atomic mass is 10.1. The molecule has 1 N–H and O–H groups in total. The minimum absolute atomic E-state index is 0.164. The fraction of sp³-hybridized carbons (Fsp3) is 0.500. The summed E-state index contributed by atoms with van der Waals surface area (Å²) >= 11 is 0. The number of likely N-dealkylation sites (N-methyl/N-ethyl adjacent to an activating group) is 1. The molecular weight excluding hydrogens is 420 g/mol. The predicted octanol–water partition coefficient (Wildman–Crippen LogP) is 3.90. The summed E-state index contributed by atoms with van der Waals surface area (Å²) in [7, 11) is 2.14. The Morgan fingerprint density at radius 2 is 1.79 bits per heavy atom. The fourth-order valence-electron chi connectivity index (χ4n) is 3.84. The van der Waals surface area contributed by atoms with Crippen LogP contribution in [-0.2, 0) is 11.3 Å². The molecule has 7 heteroatoms. The van der Waals surface area contributed by atoms with Crippen LogP contribution in [-0.4, -0.2) is 63.5 Å². The van der Waals surface area contributed by atoms with Gasteiger partial charge >= 0.3 is 0 Å². The molecule has 0 aliphatic carbocycles. The second-order valence-electron chi connectivity index (χ2n) is 8.03. The maximum Gasteiger partial charge on any atom is 0.251 e. The van der Waals surface area contributed by atoms with E-state index in [2.05, 4.69) is 17.3 Å². The number of hydrogen-bond acceptors (Lipinski definition) is 6. The number of nitrogens with zero attached hydrogens (tertiary/aromatic N) is 1. The van der Waals surface area contributed by atoms with Crippen molar-refractivity contribution in [3.63, 3.8) is 0 Å². The second kappa shape index (κ2) is 13.1. The molecule has 1 saturated heterocycles. The van der Waals surface area contributed by atoms with E-state index in [1.807, 2.05) is 38.1 Å². The van der Waals surface area contributed by atoms with Gasteiger partial charge in [0.15, 0.2) is 11.5 Å². The first-order chi connectivity index (χ1) is 16.1. The van der Waals surface area contributed by atoms with Crippen LogP contribution in [0.1, 0.15) is 42.6 Å². The third kappa shape index (κ3) is 7.65. The Kier molecular flexibility index (Phi) is 9.84. The molecular formula is C26H36N2O5. The van der Waals surface area contributed by atoms with Crippen molar-refractivity contribution in [3.05, 3.63) is 53.6 Å². The van der Waals surface area contributed by atoms with Crippen molar-refractivity contribution in [1.82, 2.24) is 10.2 Å². The maximum absolute atomic E-state index is 12.7. The lowest BCUT2D eigenvalue weighted by Gasteiger charge is -2.31. The summed E-state index contributed by atoms with van der Waals surface area (Å²) in [4.78, 5) is 15.0. The van der Waals surface area contributed by atoms with E-state index >= 15 is 0 Å². The number of benzene rings is 2. The van der Waals surface area contributed by atoms with E-state index < -0.39 is 0 Å². The van der Waals surface area contributed by atoms with Crippen molar-refractivity contribution in [1.29, 1.82) is 0 Å². The number of carbonyl (C=O) groups is 1. The third-order valence-corrected chi connectivity index (χ3v) is 5.68. The molecule has 2 aromatic carbocycles. The molecule has 0 spiro atoms. The van der Waals surface area contributed by atoms with Gasteiger partial charge in [0, 0.05) is 37.9 Å². The molecule has 7 nitrogen and oxygen atoms in total. The van der Waals surface area contributed by atoms with Crippen LogP contribution in [0.15, 0.2) is 42.5 Å². The quantitative estimate of drug-likeness (QED) is 0.522. The molecule has 0 aromatic heterocycles. The molecule has 0 saturated carbocycles. The van der Waals surface area contributed by atoms with Crippen molar-refractivity contribution in [3.8, 4) is 17.2 Å². The van der Waals surface area contributed by atoms with E-state index in [0.717, 1.165) is 43.9 Å². The minimum Gasteiger partial charge on any atom is -0.492 e. The summed E-state index contributed by atoms with van der Waals surface area (Å²) in [5, 5.41) is 2.97. The average molecular weight is 457 g/mol. The molecule has 3 rings (SSSR count). The maximum atomic E-state index is 12.7. The van der Waals surface area contributed by atoms with Crippen LogP contribution in [0.5, 0.6) is 17.2 Å². The molecule has 0 radical (unpaired) electrons. The Hall–Kier alpha value is -2.77. The van der Waals surface area contributed by atoms with Crippen LogP contribution < -0.4 is 19.5 Å². The number of rotatable bonds is 12. The number of amides is 1. The topological polar surface area (TPSA) is 69.3 Å². The van der Waals surface area contributed by atoms with Gasteiger partial charge < -0.3 is 24.3 Å². The van der Waals surface area contributed by atoms with Gasteiger partial charge in [-0.2, -0.15) is 0 Å². The molecule has 1 aliphatic rings. The Labute approximate surface area is 197 Å². The summed E-state index contributed by atoms with van der Waals surface area (Å²) in [5.41, 5.74) is 1.51. The highest BCUT2D eigenvalue weighted by Gasteiger charge is 2.18. The van der Waals surface area contributed by atoms with Crippen LogP contribution in [0.25, 0.3) is 0 Å². The molecule has 180 valence electrons. The van der Waals surface area contributed by atoms with Gasteiger partial charge in [-0.3, -0.25) is 9.69 Å². The van der Waals surface area contributed by atoms with E-state index in [1.54, 1.807) is 18.2 Å². The zero-order valence-electron chi connectivity index (χ0n) is 20.0. The molecule has 1 amide bonds. The normalized spacial score (nSPS) is 14.2. The molecule has 1 aliphatic heterocycles. The molecule has 0 unspecified atom stereocenters. The van der Waals surface area contributed by atoms with Gasteiger partial charge in [-0.25, -0.2) is 0 Å². The Bertz CT molecular complexity index is 883. The summed E-state index contributed by atoms with van der Waals surface area (Å²) in [6, 6.07) is 13.6. The predicted molar refractivity (Wildman–Crippen MR) is 128 cm³/mol. The first kappa shape index (κ1) is 24.9. The van der Waals surface area contributed by atoms with Crippen LogP contribution in [0.3, 0.4) is 0 Å². The van der Waals surface area contributed by atoms with E-state index in [9.17, 15) is 4.79 Å². The smallest absolute Gasteiger partial charge is 0.251 e. The van der Waals surface area contributed by atoms with Gasteiger partial charge in [0.25, 0.3) is 5.91 Å². The first-order valence-corrected chi connectivity index (χ1v) is 11.8. The Morgan fingerprint density at radius 1 is 1.03 bits per heavy atom. The van der Waals surface area contributed by atoms with Crippen molar-refractivity contribution in [2.45, 2.75) is 39.3 Å². The van der Waals surface area contributed by atoms with Crippen LogP contribution >= 0.6 is 0 Å². The monoisotopic (exact) mass is 456 g/mol. The van der Waals surface area contributed by atoms with Crippen molar-refractivity contribution < 1.29 is 23.7 Å². The number of hydrogen-bond donors (Lipinski definition) is 1. The molecule has 0 atom stereocenters. The van der Waals surface area contributed by atoms with Gasteiger partial charge in [-0.15, -0.1) is 0 Å². The third-order valence-electron chi connectivity index (χ3n) is 5.68. The number of ether oxygens (including phenoxy) is 4. The average Bonchev–Trinajstić information content (AvgIpc) is 2.84.